The number of anilines is 2. The Morgan fingerprint density at radius 1 is 1.38 bits per heavy atom. The number of hydrogen-bond donors (Lipinski definition) is 1. The SMILES string of the molecule is CN(CC1CCCCO1)c1nc(N)nc(-n2ccnc2)n1. The maximum absolute atomic E-state index is 5.78. The Labute approximate surface area is 123 Å². The highest BCUT2D eigenvalue weighted by Gasteiger charge is 2.18. The van der Waals surface area contributed by atoms with Crippen LogP contribution in [0.25, 0.3) is 5.95 Å². The van der Waals surface area contributed by atoms with Gasteiger partial charge in [-0.05, 0) is 19.3 Å². The molecule has 1 saturated heterocycles. The number of nitrogens with two attached hydrogens (primary N) is 1. The highest BCUT2D eigenvalue weighted by molar-refractivity contribution is 5.37. The number of imidazole rings is 1. The van der Waals surface area contributed by atoms with Crippen molar-refractivity contribution in [1.82, 2.24) is 24.5 Å². The lowest BCUT2D eigenvalue weighted by atomic mass is 10.1. The Hall–Kier alpha value is -2.22. The number of hydrogen-bond acceptors (Lipinski definition) is 7. The lowest BCUT2D eigenvalue weighted by molar-refractivity contribution is 0.0214. The smallest absolute Gasteiger partial charge is 0.241 e. The molecule has 21 heavy (non-hydrogen) atoms. The van der Waals surface area contributed by atoms with Gasteiger partial charge in [0.25, 0.3) is 0 Å². The van der Waals surface area contributed by atoms with Crippen LogP contribution in [0.3, 0.4) is 0 Å². The first-order valence-corrected chi connectivity index (χ1v) is 7.05. The monoisotopic (exact) mass is 289 g/mol. The molecule has 1 fully saturated rings. The van der Waals surface area contributed by atoms with Crippen molar-refractivity contribution in [3.05, 3.63) is 18.7 Å². The summed E-state index contributed by atoms with van der Waals surface area (Å²) in [6.45, 7) is 1.57. The molecule has 2 N–H and O–H groups in total. The van der Waals surface area contributed by atoms with Gasteiger partial charge in [0.2, 0.25) is 17.8 Å². The normalized spacial score (nSPS) is 18.6. The van der Waals surface area contributed by atoms with E-state index in [-0.39, 0.29) is 12.1 Å². The molecule has 3 heterocycles. The van der Waals surface area contributed by atoms with E-state index in [0.717, 1.165) is 26.0 Å². The molecule has 112 valence electrons. The summed E-state index contributed by atoms with van der Waals surface area (Å²) in [6.07, 6.45) is 8.70. The zero-order valence-corrected chi connectivity index (χ0v) is 12.0. The third-order valence-electron chi connectivity index (χ3n) is 3.46. The minimum Gasteiger partial charge on any atom is -0.376 e. The highest BCUT2D eigenvalue weighted by atomic mass is 16.5. The van der Waals surface area contributed by atoms with Crippen molar-refractivity contribution in [3.8, 4) is 5.95 Å². The molecule has 8 heteroatoms. The second kappa shape index (κ2) is 6.04. The molecule has 3 rings (SSSR count). The number of nitrogens with zero attached hydrogens (tertiary/aromatic N) is 6. The molecule has 0 saturated carbocycles. The molecule has 1 unspecified atom stereocenters. The lowest BCUT2D eigenvalue weighted by Gasteiger charge is -2.27. The standard InChI is InChI=1S/C13H19N7O/c1-19(8-10-4-2-3-7-21-10)12-16-11(14)17-13(18-12)20-6-5-15-9-20/h5-6,9-10H,2-4,7-8H2,1H3,(H2,14,16,17,18). The number of rotatable bonds is 4. The maximum atomic E-state index is 5.78. The third kappa shape index (κ3) is 3.27. The predicted molar refractivity (Wildman–Crippen MR) is 78.2 cm³/mol. The average Bonchev–Trinajstić information content (AvgIpc) is 3.02. The summed E-state index contributed by atoms with van der Waals surface area (Å²) in [4.78, 5) is 18.7. The summed E-state index contributed by atoms with van der Waals surface area (Å²) < 4.78 is 7.44. The summed E-state index contributed by atoms with van der Waals surface area (Å²) in [5.41, 5.74) is 5.78. The molecule has 2 aromatic heterocycles. The summed E-state index contributed by atoms with van der Waals surface area (Å²) in [7, 11) is 1.93. The molecule has 1 aliphatic heterocycles. The quantitative estimate of drug-likeness (QED) is 0.882. The fourth-order valence-corrected chi connectivity index (χ4v) is 2.37. The largest absolute Gasteiger partial charge is 0.376 e. The molecule has 0 aromatic carbocycles. The van der Waals surface area contributed by atoms with Gasteiger partial charge in [0.05, 0.1) is 6.10 Å². The van der Waals surface area contributed by atoms with E-state index in [1.54, 1.807) is 23.3 Å². The first kappa shape index (κ1) is 13.7. The molecule has 0 bridgehead atoms. The van der Waals surface area contributed by atoms with Crippen LogP contribution in [-0.4, -0.2) is 50.8 Å². The van der Waals surface area contributed by atoms with Crippen molar-refractivity contribution < 1.29 is 4.74 Å². The zero-order valence-electron chi connectivity index (χ0n) is 12.0. The molecule has 8 nitrogen and oxygen atoms in total. The first-order chi connectivity index (χ1) is 10.2. The van der Waals surface area contributed by atoms with Crippen molar-refractivity contribution in [2.24, 2.45) is 0 Å². The molecule has 1 atom stereocenters. The topological polar surface area (TPSA) is 95.0 Å². The van der Waals surface area contributed by atoms with Crippen molar-refractivity contribution in [2.45, 2.75) is 25.4 Å². The summed E-state index contributed by atoms with van der Waals surface area (Å²) >= 11 is 0. The summed E-state index contributed by atoms with van der Waals surface area (Å²) in [5.74, 6) is 1.20. The van der Waals surface area contributed by atoms with Gasteiger partial charge in [-0.15, -0.1) is 0 Å². The van der Waals surface area contributed by atoms with E-state index >= 15 is 0 Å². The number of likely N-dealkylation sites (N-methyl/N-ethyl adjacent to an activating group) is 1. The second-order valence-corrected chi connectivity index (χ2v) is 5.13. The van der Waals surface area contributed by atoms with Gasteiger partial charge in [0.15, 0.2) is 0 Å². The van der Waals surface area contributed by atoms with Crippen LogP contribution in [0.5, 0.6) is 0 Å². The van der Waals surface area contributed by atoms with Gasteiger partial charge in [-0.3, -0.25) is 4.57 Å². The van der Waals surface area contributed by atoms with E-state index in [9.17, 15) is 0 Å². The van der Waals surface area contributed by atoms with E-state index in [2.05, 4.69) is 19.9 Å². The molecular formula is C13H19N7O. The number of nitrogen functional groups attached to an aromatic ring is 1. The van der Waals surface area contributed by atoms with Gasteiger partial charge in [0, 0.05) is 32.6 Å². The molecule has 0 radical (unpaired) electrons. The molecule has 1 aliphatic rings. The van der Waals surface area contributed by atoms with E-state index < -0.39 is 0 Å². The van der Waals surface area contributed by atoms with Crippen LogP contribution < -0.4 is 10.6 Å². The average molecular weight is 289 g/mol. The zero-order chi connectivity index (χ0) is 14.7. The lowest BCUT2D eigenvalue weighted by Crippen LogP contribution is -2.34. The summed E-state index contributed by atoms with van der Waals surface area (Å²) in [5, 5.41) is 0. The first-order valence-electron chi connectivity index (χ1n) is 7.05. The number of aromatic nitrogens is 5. The molecule has 0 spiro atoms. The van der Waals surface area contributed by atoms with Crippen LogP contribution in [0, 0.1) is 0 Å². The third-order valence-corrected chi connectivity index (χ3v) is 3.46. The minimum absolute atomic E-state index is 0.195. The Bertz CT molecular complexity index is 580. The Kier molecular flexibility index (Phi) is 3.96. The molecule has 0 aliphatic carbocycles. The maximum Gasteiger partial charge on any atom is 0.241 e. The molecule has 2 aromatic rings. The van der Waals surface area contributed by atoms with Gasteiger partial charge in [-0.2, -0.15) is 15.0 Å². The summed E-state index contributed by atoms with van der Waals surface area (Å²) in [6, 6.07) is 0. The Balaban J connectivity index is 1.77. The van der Waals surface area contributed by atoms with Crippen LogP contribution in [0.4, 0.5) is 11.9 Å². The predicted octanol–water partition coefficient (Wildman–Crippen LogP) is 0.645. The van der Waals surface area contributed by atoms with E-state index in [4.69, 9.17) is 10.5 Å². The Morgan fingerprint density at radius 3 is 3.00 bits per heavy atom. The van der Waals surface area contributed by atoms with Gasteiger partial charge >= 0.3 is 0 Å². The highest BCUT2D eigenvalue weighted by Crippen LogP contribution is 2.16. The van der Waals surface area contributed by atoms with Crippen LogP contribution in [0.1, 0.15) is 19.3 Å². The van der Waals surface area contributed by atoms with E-state index in [1.807, 2.05) is 11.9 Å². The van der Waals surface area contributed by atoms with Crippen LogP contribution >= 0.6 is 0 Å². The van der Waals surface area contributed by atoms with Gasteiger partial charge in [0.1, 0.15) is 6.33 Å². The van der Waals surface area contributed by atoms with Crippen molar-refractivity contribution in [1.29, 1.82) is 0 Å². The molecular weight excluding hydrogens is 270 g/mol. The Morgan fingerprint density at radius 2 is 2.29 bits per heavy atom. The fraction of sp³-hybridized carbons (Fsp3) is 0.538. The molecule has 0 amide bonds. The number of ether oxygens (including phenoxy) is 1. The van der Waals surface area contributed by atoms with Crippen molar-refractivity contribution in [2.75, 3.05) is 30.8 Å². The van der Waals surface area contributed by atoms with Gasteiger partial charge < -0.3 is 15.4 Å². The van der Waals surface area contributed by atoms with E-state index in [1.165, 1.54) is 6.42 Å². The minimum atomic E-state index is 0.195. The van der Waals surface area contributed by atoms with Crippen LogP contribution in [-0.2, 0) is 4.74 Å². The van der Waals surface area contributed by atoms with Crippen molar-refractivity contribution in [3.63, 3.8) is 0 Å². The van der Waals surface area contributed by atoms with Crippen molar-refractivity contribution >= 4 is 11.9 Å². The second-order valence-electron chi connectivity index (χ2n) is 5.13. The van der Waals surface area contributed by atoms with Gasteiger partial charge in [-0.25, -0.2) is 4.98 Å². The van der Waals surface area contributed by atoms with E-state index in [0.29, 0.717) is 11.9 Å². The van der Waals surface area contributed by atoms with Crippen LogP contribution in [0.2, 0.25) is 0 Å². The van der Waals surface area contributed by atoms with Crippen LogP contribution in [0.15, 0.2) is 18.7 Å². The fourth-order valence-electron chi connectivity index (χ4n) is 2.37. The van der Waals surface area contributed by atoms with Gasteiger partial charge in [-0.1, -0.05) is 0 Å².